The van der Waals surface area contributed by atoms with Crippen LogP contribution < -0.4 is 10.1 Å². The minimum absolute atomic E-state index is 0.171. The maximum absolute atomic E-state index is 12.1. The fourth-order valence-electron chi connectivity index (χ4n) is 1.86. The van der Waals surface area contributed by atoms with Crippen LogP contribution in [0.3, 0.4) is 0 Å². The van der Waals surface area contributed by atoms with Crippen LogP contribution in [0.2, 0.25) is 0 Å². The topological polar surface area (TPSA) is 75.6 Å². The van der Waals surface area contributed by atoms with E-state index in [1.165, 1.54) is 12.1 Å². The van der Waals surface area contributed by atoms with Crippen molar-refractivity contribution in [1.82, 2.24) is 0 Å². The van der Waals surface area contributed by atoms with Crippen molar-refractivity contribution in [3.63, 3.8) is 0 Å². The molecular weight excluding hydrogens is 270 g/mol. The third kappa shape index (κ3) is 3.39. The number of carboxylic acids is 1. The smallest absolute Gasteiger partial charge is 0.335 e. The van der Waals surface area contributed by atoms with E-state index in [4.69, 9.17) is 9.84 Å². The van der Waals surface area contributed by atoms with Gasteiger partial charge in [-0.15, -0.1) is 0 Å². The summed E-state index contributed by atoms with van der Waals surface area (Å²) in [5.41, 5.74) is 2.12. The average molecular weight is 285 g/mol. The average Bonchev–Trinajstić information content (AvgIpc) is 2.48. The van der Waals surface area contributed by atoms with Gasteiger partial charge in [-0.05, 0) is 48.9 Å². The summed E-state index contributed by atoms with van der Waals surface area (Å²) in [6.07, 6.45) is 0. The number of methoxy groups -OCH3 is 1. The maximum atomic E-state index is 12.1. The quantitative estimate of drug-likeness (QED) is 0.905. The summed E-state index contributed by atoms with van der Waals surface area (Å²) in [6, 6.07) is 11.2. The largest absolute Gasteiger partial charge is 0.496 e. The highest BCUT2D eigenvalue weighted by molar-refractivity contribution is 6.04. The van der Waals surface area contributed by atoms with Gasteiger partial charge in [0.2, 0.25) is 0 Å². The zero-order valence-corrected chi connectivity index (χ0v) is 11.7. The summed E-state index contributed by atoms with van der Waals surface area (Å²) in [7, 11) is 1.55. The first kappa shape index (κ1) is 14.6. The van der Waals surface area contributed by atoms with Gasteiger partial charge in [-0.2, -0.15) is 0 Å². The molecule has 5 nitrogen and oxygen atoms in total. The third-order valence-corrected chi connectivity index (χ3v) is 3.06. The standard InChI is InChI=1S/C16H15NO4/c1-10-3-4-12(9-14(10)21-2)15(18)17-13-7-5-11(6-8-13)16(19)20/h3-9H,1-2H3,(H,17,18)(H,19,20). The third-order valence-electron chi connectivity index (χ3n) is 3.06. The molecule has 0 heterocycles. The Morgan fingerprint density at radius 1 is 1.05 bits per heavy atom. The maximum Gasteiger partial charge on any atom is 0.335 e. The molecule has 2 aromatic rings. The van der Waals surface area contributed by atoms with Crippen LogP contribution in [-0.4, -0.2) is 24.1 Å². The van der Waals surface area contributed by atoms with Crippen LogP contribution >= 0.6 is 0 Å². The van der Waals surface area contributed by atoms with Crippen LogP contribution in [0.1, 0.15) is 26.3 Å². The highest BCUT2D eigenvalue weighted by atomic mass is 16.5. The molecule has 2 N–H and O–H groups in total. The molecule has 0 aliphatic heterocycles. The molecule has 0 saturated carbocycles. The summed E-state index contributed by atoms with van der Waals surface area (Å²) in [4.78, 5) is 22.9. The number of aromatic carboxylic acids is 1. The second-order valence-corrected chi connectivity index (χ2v) is 4.52. The summed E-state index contributed by atoms with van der Waals surface area (Å²) < 4.78 is 5.18. The molecule has 0 fully saturated rings. The molecule has 1 amide bonds. The number of carbonyl (C=O) groups is 2. The van der Waals surface area contributed by atoms with Gasteiger partial charge in [-0.1, -0.05) is 6.07 Å². The van der Waals surface area contributed by atoms with E-state index in [0.29, 0.717) is 17.0 Å². The van der Waals surface area contributed by atoms with E-state index in [0.717, 1.165) is 5.56 Å². The van der Waals surface area contributed by atoms with E-state index in [-0.39, 0.29) is 11.5 Å². The second kappa shape index (κ2) is 6.09. The summed E-state index contributed by atoms with van der Waals surface area (Å²) in [5, 5.41) is 11.5. The van der Waals surface area contributed by atoms with Crippen molar-refractivity contribution >= 4 is 17.6 Å². The molecule has 5 heteroatoms. The highest BCUT2D eigenvalue weighted by Crippen LogP contribution is 2.20. The number of nitrogens with one attached hydrogen (secondary N) is 1. The second-order valence-electron chi connectivity index (χ2n) is 4.52. The molecule has 0 aliphatic rings. The molecule has 0 radical (unpaired) electrons. The molecule has 2 rings (SSSR count). The lowest BCUT2D eigenvalue weighted by Crippen LogP contribution is -2.12. The molecular formula is C16H15NO4. The molecule has 21 heavy (non-hydrogen) atoms. The number of hydrogen-bond donors (Lipinski definition) is 2. The van der Waals surface area contributed by atoms with Gasteiger partial charge >= 0.3 is 5.97 Å². The van der Waals surface area contributed by atoms with Gasteiger partial charge in [0.25, 0.3) is 5.91 Å². The van der Waals surface area contributed by atoms with Crippen LogP contribution in [0.15, 0.2) is 42.5 Å². The van der Waals surface area contributed by atoms with Crippen molar-refractivity contribution in [3.8, 4) is 5.75 Å². The van der Waals surface area contributed by atoms with Gasteiger partial charge in [0, 0.05) is 11.3 Å². The fraction of sp³-hybridized carbons (Fsp3) is 0.125. The number of anilines is 1. The van der Waals surface area contributed by atoms with E-state index < -0.39 is 5.97 Å². The van der Waals surface area contributed by atoms with Crippen LogP contribution in [0, 0.1) is 6.92 Å². The summed E-state index contributed by atoms with van der Waals surface area (Å²) in [5.74, 6) is -0.642. The Bertz CT molecular complexity index is 677. The monoisotopic (exact) mass is 285 g/mol. The molecule has 0 unspecified atom stereocenters. The Hall–Kier alpha value is -2.82. The normalized spacial score (nSPS) is 10.0. The van der Waals surface area contributed by atoms with Crippen molar-refractivity contribution in [2.75, 3.05) is 12.4 Å². The number of aryl methyl sites for hydroxylation is 1. The predicted molar refractivity (Wildman–Crippen MR) is 79.1 cm³/mol. The number of benzene rings is 2. The van der Waals surface area contributed by atoms with Gasteiger partial charge in [-0.3, -0.25) is 4.79 Å². The molecule has 0 spiro atoms. The molecule has 0 atom stereocenters. The Kier molecular flexibility index (Phi) is 4.23. The van der Waals surface area contributed by atoms with E-state index in [1.54, 1.807) is 37.4 Å². The first-order valence-electron chi connectivity index (χ1n) is 6.30. The molecule has 0 aromatic heterocycles. The minimum atomic E-state index is -1.00. The van der Waals surface area contributed by atoms with Crippen LogP contribution in [0.5, 0.6) is 5.75 Å². The highest BCUT2D eigenvalue weighted by Gasteiger charge is 2.09. The molecule has 2 aromatic carbocycles. The van der Waals surface area contributed by atoms with E-state index in [2.05, 4.69) is 5.32 Å². The van der Waals surface area contributed by atoms with E-state index >= 15 is 0 Å². The van der Waals surface area contributed by atoms with Crippen molar-refractivity contribution in [3.05, 3.63) is 59.2 Å². The predicted octanol–water partition coefficient (Wildman–Crippen LogP) is 2.95. The van der Waals surface area contributed by atoms with Crippen molar-refractivity contribution in [2.45, 2.75) is 6.92 Å². The lowest BCUT2D eigenvalue weighted by molar-refractivity contribution is 0.0696. The number of carboxylic acid groups (broad SMARTS) is 1. The van der Waals surface area contributed by atoms with Gasteiger partial charge in [0.05, 0.1) is 12.7 Å². The van der Waals surface area contributed by atoms with Crippen molar-refractivity contribution in [1.29, 1.82) is 0 Å². The Morgan fingerprint density at radius 3 is 2.24 bits per heavy atom. The minimum Gasteiger partial charge on any atom is -0.496 e. The van der Waals surface area contributed by atoms with Crippen molar-refractivity contribution < 1.29 is 19.4 Å². The lowest BCUT2D eigenvalue weighted by Gasteiger charge is -2.09. The molecule has 108 valence electrons. The van der Waals surface area contributed by atoms with Gasteiger partial charge in [0.15, 0.2) is 0 Å². The number of ether oxygens (including phenoxy) is 1. The zero-order valence-electron chi connectivity index (χ0n) is 11.7. The van der Waals surface area contributed by atoms with Crippen LogP contribution in [0.25, 0.3) is 0 Å². The zero-order chi connectivity index (χ0) is 15.4. The first-order chi connectivity index (χ1) is 10.0. The van der Waals surface area contributed by atoms with Gasteiger partial charge < -0.3 is 15.2 Å². The number of hydrogen-bond acceptors (Lipinski definition) is 3. The van der Waals surface area contributed by atoms with Gasteiger partial charge in [-0.25, -0.2) is 4.79 Å². The van der Waals surface area contributed by atoms with E-state index in [9.17, 15) is 9.59 Å². The molecule has 0 aliphatic carbocycles. The van der Waals surface area contributed by atoms with Crippen molar-refractivity contribution in [2.24, 2.45) is 0 Å². The summed E-state index contributed by atoms with van der Waals surface area (Å²) >= 11 is 0. The van der Waals surface area contributed by atoms with Gasteiger partial charge in [0.1, 0.15) is 5.75 Å². The Morgan fingerprint density at radius 2 is 1.67 bits per heavy atom. The van der Waals surface area contributed by atoms with Crippen LogP contribution in [0.4, 0.5) is 5.69 Å². The van der Waals surface area contributed by atoms with E-state index in [1.807, 2.05) is 6.92 Å². The Labute approximate surface area is 122 Å². The SMILES string of the molecule is COc1cc(C(=O)Nc2ccc(C(=O)O)cc2)ccc1C. The number of amides is 1. The number of rotatable bonds is 4. The first-order valence-corrected chi connectivity index (χ1v) is 6.30. The number of carbonyl (C=O) groups excluding carboxylic acids is 1. The molecule has 0 bridgehead atoms. The summed E-state index contributed by atoms with van der Waals surface area (Å²) in [6.45, 7) is 1.89. The lowest BCUT2D eigenvalue weighted by atomic mass is 10.1. The van der Waals surface area contributed by atoms with Crippen LogP contribution in [-0.2, 0) is 0 Å². The molecule has 0 saturated heterocycles. The fourth-order valence-corrected chi connectivity index (χ4v) is 1.86. The Balaban J connectivity index is 2.15.